The molecular formula is C13H19ClN2. The standard InChI is InChI=1S/C13H19ClN2/c1-8(2)16-7-11-9(3)12(14)5-4-10(11)13(16)6-15/h4-5,8,13H,6-7,15H2,1-3H3. The smallest absolute Gasteiger partial charge is 0.0480 e. The lowest BCUT2D eigenvalue weighted by molar-refractivity contribution is 0.172. The maximum atomic E-state index is 6.16. The van der Waals surface area contributed by atoms with Gasteiger partial charge in [0.25, 0.3) is 0 Å². The molecule has 0 saturated heterocycles. The molecule has 0 bridgehead atoms. The van der Waals surface area contributed by atoms with E-state index in [0.717, 1.165) is 11.6 Å². The zero-order valence-electron chi connectivity index (χ0n) is 10.1. The molecule has 1 aromatic rings. The van der Waals surface area contributed by atoms with Crippen molar-refractivity contribution in [2.75, 3.05) is 6.54 Å². The van der Waals surface area contributed by atoms with Crippen LogP contribution in [0.3, 0.4) is 0 Å². The van der Waals surface area contributed by atoms with Crippen LogP contribution >= 0.6 is 11.6 Å². The van der Waals surface area contributed by atoms with Crippen LogP contribution in [-0.2, 0) is 6.54 Å². The molecule has 0 spiro atoms. The Labute approximate surface area is 102 Å². The molecule has 0 radical (unpaired) electrons. The van der Waals surface area contributed by atoms with Gasteiger partial charge < -0.3 is 5.73 Å². The highest BCUT2D eigenvalue weighted by Crippen LogP contribution is 2.38. The minimum absolute atomic E-state index is 0.353. The van der Waals surface area contributed by atoms with Crippen LogP contribution < -0.4 is 5.73 Å². The van der Waals surface area contributed by atoms with Gasteiger partial charge in [0.15, 0.2) is 0 Å². The molecule has 1 unspecified atom stereocenters. The maximum absolute atomic E-state index is 6.16. The number of rotatable bonds is 2. The van der Waals surface area contributed by atoms with E-state index in [9.17, 15) is 0 Å². The predicted molar refractivity (Wildman–Crippen MR) is 68.7 cm³/mol. The Bertz CT molecular complexity index is 401. The van der Waals surface area contributed by atoms with Crippen LogP contribution in [0.15, 0.2) is 12.1 Å². The Balaban J connectivity index is 2.46. The molecule has 2 nitrogen and oxygen atoms in total. The van der Waals surface area contributed by atoms with E-state index in [1.165, 1.54) is 16.7 Å². The molecule has 88 valence electrons. The summed E-state index contributed by atoms with van der Waals surface area (Å²) in [6.45, 7) is 8.17. The van der Waals surface area contributed by atoms with E-state index in [0.29, 0.717) is 18.6 Å². The Hall–Kier alpha value is -0.570. The van der Waals surface area contributed by atoms with Crippen LogP contribution in [-0.4, -0.2) is 17.5 Å². The summed E-state index contributed by atoms with van der Waals surface area (Å²) in [5.41, 5.74) is 9.83. The Morgan fingerprint density at radius 3 is 2.75 bits per heavy atom. The van der Waals surface area contributed by atoms with Gasteiger partial charge in [-0.3, -0.25) is 4.90 Å². The fourth-order valence-corrected chi connectivity index (χ4v) is 2.72. The molecule has 0 amide bonds. The lowest BCUT2D eigenvalue weighted by Crippen LogP contribution is -2.33. The van der Waals surface area contributed by atoms with Crippen molar-refractivity contribution in [3.8, 4) is 0 Å². The van der Waals surface area contributed by atoms with Gasteiger partial charge in [0.05, 0.1) is 0 Å². The highest BCUT2D eigenvalue weighted by Gasteiger charge is 2.31. The summed E-state index contributed by atoms with van der Waals surface area (Å²) in [6.07, 6.45) is 0. The summed E-state index contributed by atoms with van der Waals surface area (Å²) in [6, 6.07) is 4.98. The van der Waals surface area contributed by atoms with Gasteiger partial charge in [-0.25, -0.2) is 0 Å². The quantitative estimate of drug-likeness (QED) is 0.859. The number of fused-ring (bicyclic) bond motifs is 1. The van der Waals surface area contributed by atoms with E-state index >= 15 is 0 Å². The molecule has 2 rings (SSSR count). The second-order valence-electron chi connectivity index (χ2n) is 4.76. The molecule has 0 aliphatic carbocycles. The molecule has 1 atom stereocenters. The molecule has 1 heterocycles. The van der Waals surface area contributed by atoms with E-state index in [4.69, 9.17) is 17.3 Å². The molecule has 1 aromatic carbocycles. The first kappa shape index (κ1) is 11.9. The second kappa shape index (κ2) is 4.36. The van der Waals surface area contributed by atoms with Gasteiger partial charge in [0.2, 0.25) is 0 Å². The zero-order chi connectivity index (χ0) is 11.9. The fourth-order valence-electron chi connectivity index (χ4n) is 2.55. The third kappa shape index (κ3) is 1.75. The van der Waals surface area contributed by atoms with Crippen LogP contribution in [0.1, 0.15) is 36.6 Å². The molecule has 0 aromatic heterocycles. The summed E-state index contributed by atoms with van der Waals surface area (Å²) >= 11 is 6.16. The van der Waals surface area contributed by atoms with Crippen molar-refractivity contribution in [3.63, 3.8) is 0 Å². The molecule has 2 N–H and O–H groups in total. The molecule has 16 heavy (non-hydrogen) atoms. The number of hydrogen-bond donors (Lipinski definition) is 1. The van der Waals surface area contributed by atoms with Gasteiger partial charge in [-0.2, -0.15) is 0 Å². The van der Waals surface area contributed by atoms with Gasteiger partial charge in [-0.05, 0) is 43.5 Å². The largest absolute Gasteiger partial charge is 0.329 e. The van der Waals surface area contributed by atoms with Gasteiger partial charge in [0, 0.05) is 30.2 Å². The predicted octanol–water partition coefficient (Wildman–Crippen LogP) is 2.87. The van der Waals surface area contributed by atoms with E-state index in [2.05, 4.69) is 31.7 Å². The van der Waals surface area contributed by atoms with Crippen LogP contribution in [0.4, 0.5) is 0 Å². The molecule has 0 saturated carbocycles. The SMILES string of the molecule is Cc1c(Cl)ccc2c1CN(C(C)C)C2CN. The van der Waals surface area contributed by atoms with E-state index in [1.54, 1.807) is 0 Å². The van der Waals surface area contributed by atoms with Crippen molar-refractivity contribution in [2.24, 2.45) is 5.73 Å². The van der Waals surface area contributed by atoms with Gasteiger partial charge >= 0.3 is 0 Å². The average Bonchev–Trinajstić information content (AvgIpc) is 2.62. The second-order valence-corrected chi connectivity index (χ2v) is 5.16. The summed E-state index contributed by atoms with van der Waals surface area (Å²) in [5.74, 6) is 0. The first-order chi connectivity index (χ1) is 7.56. The summed E-state index contributed by atoms with van der Waals surface area (Å²) in [4.78, 5) is 2.44. The van der Waals surface area contributed by atoms with Gasteiger partial charge in [0.1, 0.15) is 0 Å². The topological polar surface area (TPSA) is 29.3 Å². The van der Waals surface area contributed by atoms with Crippen molar-refractivity contribution in [2.45, 2.75) is 39.4 Å². The number of halogens is 1. The molecule has 1 aliphatic rings. The average molecular weight is 239 g/mol. The zero-order valence-corrected chi connectivity index (χ0v) is 10.9. The first-order valence-corrected chi connectivity index (χ1v) is 6.17. The van der Waals surface area contributed by atoms with Crippen molar-refractivity contribution in [1.82, 2.24) is 4.90 Å². The fraction of sp³-hybridized carbons (Fsp3) is 0.538. The van der Waals surface area contributed by atoms with E-state index in [1.807, 2.05) is 6.07 Å². The van der Waals surface area contributed by atoms with Crippen LogP contribution in [0.5, 0.6) is 0 Å². The summed E-state index contributed by atoms with van der Waals surface area (Å²) < 4.78 is 0. The third-order valence-electron chi connectivity index (χ3n) is 3.56. The minimum atomic E-state index is 0.353. The van der Waals surface area contributed by atoms with Crippen molar-refractivity contribution in [1.29, 1.82) is 0 Å². The third-order valence-corrected chi connectivity index (χ3v) is 3.96. The van der Waals surface area contributed by atoms with E-state index in [-0.39, 0.29) is 0 Å². The summed E-state index contributed by atoms with van der Waals surface area (Å²) in [5, 5.41) is 0.861. The lowest BCUT2D eigenvalue weighted by Gasteiger charge is -2.27. The molecular weight excluding hydrogens is 220 g/mol. The number of hydrogen-bond acceptors (Lipinski definition) is 2. The Morgan fingerprint density at radius 1 is 1.50 bits per heavy atom. The minimum Gasteiger partial charge on any atom is -0.329 e. The van der Waals surface area contributed by atoms with Gasteiger partial charge in [-0.1, -0.05) is 17.7 Å². The van der Waals surface area contributed by atoms with Crippen LogP contribution in [0.2, 0.25) is 5.02 Å². The maximum Gasteiger partial charge on any atom is 0.0480 e. The highest BCUT2D eigenvalue weighted by molar-refractivity contribution is 6.31. The number of nitrogens with two attached hydrogens (primary N) is 1. The van der Waals surface area contributed by atoms with Crippen molar-refractivity contribution < 1.29 is 0 Å². The van der Waals surface area contributed by atoms with Crippen molar-refractivity contribution >= 4 is 11.6 Å². The first-order valence-electron chi connectivity index (χ1n) is 5.80. The molecule has 3 heteroatoms. The Morgan fingerprint density at radius 2 is 2.19 bits per heavy atom. The van der Waals surface area contributed by atoms with Crippen LogP contribution in [0.25, 0.3) is 0 Å². The molecule has 0 fully saturated rings. The normalized spacial score (nSPS) is 20.5. The van der Waals surface area contributed by atoms with Gasteiger partial charge in [-0.15, -0.1) is 0 Å². The number of benzene rings is 1. The summed E-state index contributed by atoms with van der Waals surface area (Å²) in [7, 11) is 0. The molecule has 1 aliphatic heterocycles. The highest BCUT2D eigenvalue weighted by atomic mass is 35.5. The van der Waals surface area contributed by atoms with Crippen molar-refractivity contribution in [3.05, 3.63) is 33.8 Å². The van der Waals surface area contributed by atoms with E-state index < -0.39 is 0 Å². The monoisotopic (exact) mass is 238 g/mol. The van der Waals surface area contributed by atoms with Crippen LogP contribution in [0, 0.1) is 6.92 Å². The number of nitrogens with zero attached hydrogens (tertiary/aromatic N) is 1. The lowest BCUT2D eigenvalue weighted by atomic mass is 10.0. The Kier molecular flexibility index (Phi) is 3.24.